The van der Waals surface area contributed by atoms with Gasteiger partial charge in [0, 0.05) is 18.4 Å². The summed E-state index contributed by atoms with van der Waals surface area (Å²) in [5.74, 6) is 0.767. The van der Waals surface area contributed by atoms with Gasteiger partial charge in [-0.2, -0.15) is 0 Å². The number of imidazole rings is 1. The van der Waals surface area contributed by atoms with Gasteiger partial charge in [0.05, 0.1) is 12.6 Å². The highest BCUT2D eigenvalue weighted by atomic mass is 32.2. The van der Waals surface area contributed by atoms with Crippen LogP contribution >= 0.6 is 11.8 Å². The number of carbonyl (C=O) groups excluding carboxylic acids is 1. The van der Waals surface area contributed by atoms with Crippen molar-refractivity contribution < 1.29 is 9.53 Å². The molecular formula is C18H17N3O2S. The van der Waals surface area contributed by atoms with Gasteiger partial charge in [0.2, 0.25) is 0 Å². The van der Waals surface area contributed by atoms with Gasteiger partial charge in [-0.15, -0.1) is 0 Å². The molecule has 3 aromatic rings. The molecule has 0 spiro atoms. The Hall–Kier alpha value is -2.47. The zero-order valence-electron chi connectivity index (χ0n) is 13.5. The number of pyridine rings is 1. The molecule has 0 bridgehead atoms. The Balaban J connectivity index is 1.77. The summed E-state index contributed by atoms with van der Waals surface area (Å²) in [6.07, 6.45) is 4.74. The van der Waals surface area contributed by atoms with Crippen LogP contribution in [-0.4, -0.2) is 35.2 Å². The van der Waals surface area contributed by atoms with E-state index >= 15 is 0 Å². The summed E-state index contributed by atoms with van der Waals surface area (Å²) >= 11 is 1.53. The van der Waals surface area contributed by atoms with Crippen molar-refractivity contribution in [3.63, 3.8) is 0 Å². The van der Waals surface area contributed by atoms with Gasteiger partial charge in [0.15, 0.2) is 10.9 Å². The fourth-order valence-electron chi connectivity index (χ4n) is 3.15. The summed E-state index contributed by atoms with van der Waals surface area (Å²) < 4.78 is 7.23. The first kappa shape index (κ1) is 15.1. The standard InChI is InChI=1S/C18H17N3O2S/c1-23-13-6-7-14-12(11-13)8-10-20(14)17(22)16-15-5-3-4-9-21(15)18(19-16)24-2/h3-7,9,11H,8,10H2,1-2H3. The van der Waals surface area contributed by atoms with Crippen molar-refractivity contribution >= 4 is 28.9 Å². The lowest BCUT2D eigenvalue weighted by molar-refractivity contribution is 0.0986. The van der Waals surface area contributed by atoms with E-state index in [1.807, 2.05) is 58.2 Å². The van der Waals surface area contributed by atoms with Crippen LogP contribution in [0.5, 0.6) is 5.75 Å². The molecule has 0 atom stereocenters. The van der Waals surface area contributed by atoms with E-state index in [0.29, 0.717) is 12.2 Å². The van der Waals surface area contributed by atoms with Gasteiger partial charge in [-0.25, -0.2) is 4.98 Å². The van der Waals surface area contributed by atoms with Gasteiger partial charge in [-0.3, -0.25) is 9.20 Å². The second-order valence-corrected chi connectivity index (χ2v) is 6.38. The van der Waals surface area contributed by atoms with Crippen molar-refractivity contribution in [3.05, 3.63) is 53.9 Å². The fraction of sp³-hybridized carbons (Fsp3) is 0.222. The van der Waals surface area contributed by atoms with E-state index in [9.17, 15) is 4.79 Å². The van der Waals surface area contributed by atoms with Crippen LogP contribution in [0.2, 0.25) is 0 Å². The lowest BCUT2D eigenvalue weighted by Gasteiger charge is -2.16. The molecule has 6 heteroatoms. The van der Waals surface area contributed by atoms with Crippen LogP contribution in [0.4, 0.5) is 5.69 Å². The van der Waals surface area contributed by atoms with E-state index in [0.717, 1.165) is 34.1 Å². The third kappa shape index (κ3) is 2.26. The molecule has 24 heavy (non-hydrogen) atoms. The van der Waals surface area contributed by atoms with Gasteiger partial charge >= 0.3 is 0 Å². The highest BCUT2D eigenvalue weighted by molar-refractivity contribution is 7.98. The van der Waals surface area contributed by atoms with Crippen LogP contribution in [-0.2, 0) is 6.42 Å². The van der Waals surface area contributed by atoms with E-state index in [1.54, 1.807) is 7.11 Å². The number of hydrogen-bond donors (Lipinski definition) is 0. The zero-order valence-corrected chi connectivity index (χ0v) is 14.3. The van der Waals surface area contributed by atoms with Crippen LogP contribution in [0, 0.1) is 0 Å². The smallest absolute Gasteiger partial charge is 0.279 e. The molecule has 5 nitrogen and oxygen atoms in total. The molecule has 0 saturated carbocycles. The maximum atomic E-state index is 13.1. The maximum Gasteiger partial charge on any atom is 0.279 e. The third-order valence-corrected chi connectivity index (χ3v) is 4.98. The summed E-state index contributed by atoms with van der Waals surface area (Å²) in [5.41, 5.74) is 3.43. The topological polar surface area (TPSA) is 46.8 Å². The molecule has 0 saturated heterocycles. The van der Waals surface area contributed by atoms with Gasteiger partial charge in [0.1, 0.15) is 5.75 Å². The minimum absolute atomic E-state index is 0.0529. The van der Waals surface area contributed by atoms with Gasteiger partial charge in [0.25, 0.3) is 5.91 Å². The van der Waals surface area contributed by atoms with Gasteiger partial charge < -0.3 is 9.64 Å². The summed E-state index contributed by atoms with van der Waals surface area (Å²) in [4.78, 5) is 19.5. The Bertz CT molecular complexity index is 935. The molecule has 0 aliphatic carbocycles. The number of thioether (sulfide) groups is 1. The summed E-state index contributed by atoms with van der Waals surface area (Å²) in [6.45, 7) is 0.668. The molecule has 2 aromatic heterocycles. The molecule has 0 unspecified atom stereocenters. The van der Waals surface area contributed by atoms with E-state index < -0.39 is 0 Å². The predicted octanol–water partition coefficient (Wildman–Crippen LogP) is 3.27. The molecule has 1 aliphatic rings. The molecule has 0 fully saturated rings. The summed E-state index contributed by atoms with van der Waals surface area (Å²) in [7, 11) is 1.65. The quantitative estimate of drug-likeness (QED) is 0.687. The number of fused-ring (bicyclic) bond motifs is 2. The Morgan fingerprint density at radius 2 is 2.17 bits per heavy atom. The number of benzene rings is 1. The molecule has 1 amide bonds. The largest absolute Gasteiger partial charge is 0.497 e. The number of methoxy groups -OCH3 is 1. The molecular weight excluding hydrogens is 322 g/mol. The second-order valence-electron chi connectivity index (χ2n) is 5.60. The number of anilines is 1. The first-order valence-corrected chi connectivity index (χ1v) is 8.95. The second kappa shape index (κ2) is 5.87. The van der Waals surface area contributed by atoms with Crippen molar-refractivity contribution in [1.82, 2.24) is 9.38 Å². The van der Waals surface area contributed by atoms with E-state index in [-0.39, 0.29) is 5.91 Å². The number of carbonyl (C=O) groups is 1. The van der Waals surface area contributed by atoms with Crippen LogP contribution < -0.4 is 9.64 Å². The Labute approximate surface area is 144 Å². The van der Waals surface area contributed by atoms with Gasteiger partial charge in [-0.05, 0) is 48.6 Å². The normalized spacial score (nSPS) is 13.3. The number of aromatic nitrogens is 2. The Morgan fingerprint density at radius 3 is 2.96 bits per heavy atom. The highest BCUT2D eigenvalue weighted by Crippen LogP contribution is 2.33. The van der Waals surface area contributed by atoms with Crippen LogP contribution in [0.15, 0.2) is 47.8 Å². The number of nitrogens with zero attached hydrogens (tertiary/aromatic N) is 3. The average Bonchev–Trinajstić information content (AvgIpc) is 3.22. The van der Waals surface area contributed by atoms with E-state index in [4.69, 9.17) is 4.74 Å². The Kier molecular flexibility index (Phi) is 3.69. The van der Waals surface area contributed by atoms with Crippen molar-refractivity contribution in [1.29, 1.82) is 0 Å². The molecule has 0 radical (unpaired) electrons. The predicted molar refractivity (Wildman–Crippen MR) is 95.3 cm³/mol. The first-order valence-electron chi connectivity index (χ1n) is 7.73. The first-order chi connectivity index (χ1) is 11.7. The van der Waals surface area contributed by atoms with Crippen molar-refractivity contribution in [3.8, 4) is 5.75 Å². The summed E-state index contributed by atoms with van der Waals surface area (Å²) in [5, 5.41) is 0.822. The molecule has 3 heterocycles. The maximum absolute atomic E-state index is 13.1. The van der Waals surface area contributed by atoms with Crippen molar-refractivity contribution in [2.75, 3.05) is 24.8 Å². The number of amides is 1. The lowest BCUT2D eigenvalue weighted by atomic mass is 10.1. The fourth-order valence-corrected chi connectivity index (χ4v) is 3.69. The highest BCUT2D eigenvalue weighted by Gasteiger charge is 2.29. The van der Waals surface area contributed by atoms with Crippen LogP contribution in [0.1, 0.15) is 16.1 Å². The van der Waals surface area contributed by atoms with E-state index in [2.05, 4.69) is 4.98 Å². The third-order valence-electron chi connectivity index (χ3n) is 4.33. The Morgan fingerprint density at radius 1 is 1.29 bits per heavy atom. The molecule has 0 N–H and O–H groups in total. The molecule has 4 rings (SSSR count). The monoisotopic (exact) mass is 339 g/mol. The number of rotatable bonds is 3. The lowest BCUT2D eigenvalue weighted by Crippen LogP contribution is -2.29. The van der Waals surface area contributed by atoms with Crippen molar-refractivity contribution in [2.45, 2.75) is 11.6 Å². The van der Waals surface area contributed by atoms with Crippen LogP contribution in [0.25, 0.3) is 5.52 Å². The van der Waals surface area contributed by atoms with Crippen molar-refractivity contribution in [2.24, 2.45) is 0 Å². The minimum atomic E-state index is -0.0529. The van der Waals surface area contributed by atoms with Crippen LogP contribution in [0.3, 0.4) is 0 Å². The summed E-state index contributed by atoms with van der Waals surface area (Å²) in [6, 6.07) is 11.7. The SMILES string of the molecule is COc1ccc2c(c1)CCN2C(=O)c1nc(SC)n2ccccc12. The molecule has 122 valence electrons. The van der Waals surface area contributed by atoms with Gasteiger partial charge in [-0.1, -0.05) is 17.8 Å². The zero-order chi connectivity index (χ0) is 16.7. The number of ether oxygens (including phenoxy) is 1. The molecule has 1 aliphatic heterocycles. The molecule has 1 aromatic carbocycles. The minimum Gasteiger partial charge on any atom is -0.497 e. The van der Waals surface area contributed by atoms with E-state index in [1.165, 1.54) is 11.8 Å². The number of hydrogen-bond acceptors (Lipinski definition) is 4. The average molecular weight is 339 g/mol.